The Kier molecular flexibility index (Phi) is 2.07. The van der Waals surface area contributed by atoms with E-state index < -0.39 is 0 Å². The van der Waals surface area contributed by atoms with Crippen molar-refractivity contribution in [3.63, 3.8) is 0 Å². The van der Waals surface area contributed by atoms with E-state index in [1.807, 2.05) is 0 Å². The molecule has 0 bridgehead atoms. The standard InChI is InChI=1S/C8H9BrN4O2/c1-11-5-4(10-7(11)9)6(14)13(3)8(15)12(5)2/h1-3H3. The third-order valence-electron chi connectivity index (χ3n) is 2.41. The van der Waals surface area contributed by atoms with Crippen LogP contribution in [0.5, 0.6) is 0 Å². The third-order valence-corrected chi connectivity index (χ3v) is 3.12. The maximum Gasteiger partial charge on any atom is 0.332 e. The second-order valence-corrected chi connectivity index (χ2v) is 4.03. The normalized spacial score (nSPS) is 11.2. The van der Waals surface area contributed by atoms with Crippen molar-refractivity contribution >= 4 is 27.1 Å². The summed E-state index contributed by atoms with van der Waals surface area (Å²) >= 11 is 3.21. The summed E-state index contributed by atoms with van der Waals surface area (Å²) < 4.78 is 4.62. The van der Waals surface area contributed by atoms with Crippen molar-refractivity contribution in [3.05, 3.63) is 25.6 Å². The number of nitrogens with zero attached hydrogens (tertiary/aromatic N) is 4. The van der Waals surface area contributed by atoms with Crippen LogP contribution in [0.25, 0.3) is 11.2 Å². The summed E-state index contributed by atoms with van der Waals surface area (Å²) in [5.74, 6) is 0. The molecule has 2 heterocycles. The second-order valence-electron chi connectivity index (χ2n) is 3.32. The predicted molar refractivity (Wildman–Crippen MR) is 58.9 cm³/mol. The zero-order chi connectivity index (χ0) is 11.3. The lowest BCUT2D eigenvalue weighted by molar-refractivity contribution is 0.696. The van der Waals surface area contributed by atoms with Crippen molar-refractivity contribution in [1.82, 2.24) is 18.7 Å². The molecule has 0 radical (unpaired) electrons. The highest BCUT2D eigenvalue weighted by Gasteiger charge is 2.14. The van der Waals surface area contributed by atoms with Crippen LogP contribution in [0.2, 0.25) is 0 Å². The second kappa shape index (κ2) is 3.06. The lowest BCUT2D eigenvalue weighted by Crippen LogP contribution is -2.37. The minimum Gasteiger partial charge on any atom is -0.308 e. The number of aryl methyl sites for hydroxylation is 2. The Labute approximate surface area is 92.9 Å². The van der Waals surface area contributed by atoms with Gasteiger partial charge < -0.3 is 4.57 Å². The van der Waals surface area contributed by atoms with Crippen LogP contribution in [0.1, 0.15) is 0 Å². The molecule has 80 valence electrons. The maximum absolute atomic E-state index is 11.7. The van der Waals surface area contributed by atoms with E-state index in [0.29, 0.717) is 10.4 Å². The summed E-state index contributed by atoms with van der Waals surface area (Å²) in [4.78, 5) is 27.4. The first-order valence-electron chi connectivity index (χ1n) is 4.23. The summed E-state index contributed by atoms with van der Waals surface area (Å²) in [6.07, 6.45) is 0. The van der Waals surface area contributed by atoms with Crippen LogP contribution in [0.4, 0.5) is 0 Å². The number of imidazole rings is 1. The zero-order valence-corrected chi connectivity index (χ0v) is 10.1. The van der Waals surface area contributed by atoms with Gasteiger partial charge in [0.2, 0.25) is 0 Å². The fourth-order valence-corrected chi connectivity index (χ4v) is 1.90. The summed E-state index contributed by atoms with van der Waals surface area (Å²) in [5, 5.41) is 0. The quantitative estimate of drug-likeness (QED) is 0.621. The average Bonchev–Trinajstić information content (AvgIpc) is 2.50. The number of hydrogen-bond donors (Lipinski definition) is 0. The summed E-state index contributed by atoms with van der Waals surface area (Å²) in [5.41, 5.74) is 0.0568. The lowest BCUT2D eigenvalue weighted by atomic mass is 10.5. The molecular formula is C8H9BrN4O2. The minimum atomic E-state index is -0.380. The molecule has 0 aliphatic heterocycles. The fourth-order valence-electron chi connectivity index (χ4n) is 1.55. The Morgan fingerprint density at radius 2 is 1.67 bits per heavy atom. The van der Waals surface area contributed by atoms with E-state index in [0.717, 1.165) is 4.57 Å². The molecule has 15 heavy (non-hydrogen) atoms. The van der Waals surface area contributed by atoms with Crippen LogP contribution in [-0.4, -0.2) is 18.7 Å². The first kappa shape index (κ1) is 10.2. The Balaban J connectivity index is 3.23. The van der Waals surface area contributed by atoms with Crippen molar-refractivity contribution in [3.8, 4) is 0 Å². The first-order valence-corrected chi connectivity index (χ1v) is 5.02. The summed E-state index contributed by atoms with van der Waals surface area (Å²) in [6, 6.07) is 0. The SMILES string of the molecule is Cn1c(=O)c2nc(Br)n(C)c2n(C)c1=O. The largest absolute Gasteiger partial charge is 0.332 e. The molecule has 6 nitrogen and oxygen atoms in total. The molecule has 2 aromatic rings. The van der Waals surface area contributed by atoms with E-state index in [1.165, 1.54) is 11.6 Å². The third kappa shape index (κ3) is 1.19. The van der Waals surface area contributed by atoms with E-state index in [4.69, 9.17) is 0 Å². The number of rotatable bonds is 0. The molecule has 0 atom stereocenters. The van der Waals surface area contributed by atoms with Crippen LogP contribution in [0.3, 0.4) is 0 Å². The van der Waals surface area contributed by atoms with Gasteiger partial charge >= 0.3 is 5.69 Å². The summed E-state index contributed by atoms with van der Waals surface area (Å²) in [6.45, 7) is 0. The van der Waals surface area contributed by atoms with Crippen molar-refractivity contribution in [2.24, 2.45) is 21.1 Å². The zero-order valence-electron chi connectivity index (χ0n) is 8.48. The van der Waals surface area contributed by atoms with E-state index in [9.17, 15) is 9.59 Å². The van der Waals surface area contributed by atoms with E-state index in [1.54, 1.807) is 18.7 Å². The van der Waals surface area contributed by atoms with Gasteiger partial charge in [-0.2, -0.15) is 0 Å². The molecule has 0 spiro atoms. The lowest BCUT2D eigenvalue weighted by Gasteiger charge is -2.04. The molecule has 7 heteroatoms. The average molecular weight is 273 g/mol. The predicted octanol–water partition coefficient (Wildman–Crippen LogP) is -0.267. The van der Waals surface area contributed by atoms with Gasteiger partial charge in [0.05, 0.1) is 0 Å². The molecule has 0 saturated carbocycles. The molecule has 2 aromatic heterocycles. The molecule has 2 rings (SSSR count). The maximum atomic E-state index is 11.7. The van der Waals surface area contributed by atoms with Gasteiger partial charge in [0.15, 0.2) is 15.9 Å². The summed E-state index contributed by atoms with van der Waals surface area (Å²) in [7, 11) is 4.78. The fraction of sp³-hybridized carbons (Fsp3) is 0.375. The molecule has 0 aliphatic carbocycles. The Hall–Kier alpha value is -1.37. The van der Waals surface area contributed by atoms with E-state index >= 15 is 0 Å². The van der Waals surface area contributed by atoms with Gasteiger partial charge in [-0.15, -0.1) is 0 Å². The smallest absolute Gasteiger partial charge is 0.308 e. The molecule has 0 amide bonds. The number of fused-ring (bicyclic) bond motifs is 1. The van der Waals surface area contributed by atoms with Crippen molar-refractivity contribution in [2.75, 3.05) is 0 Å². The highest BCUT2D eigenvalue weighted by molar-refractivity contribution is 9.10. The van der Waals surface area contributed by atoms with Crippen LogP contribution in [0, 0.1) is 0 Å². The molecule has 0 unspecified atom stereocenters. The molecular weight excluding hydrogens is 264 g/mol. The topological polar surface area (TPSA) is 61.8 Å². The van der Waals surface area contributed by atoms with Crippen molar-refractivity contribution in [1.29, 1.82) is 0 Å². The first-order chi connectivity index (χ1) is 6.95. The van der Waals surface area contributed by atoms with Gasteiger partial charge in [-0.25, -0.2) is 9.78 Å². The highest BCUT2D eigenvalue weighted by Crippen LogP contribution is 2.13. The van der Waals surface area contributed by atoms with Gasteiger partial charge in [0.25, 0.3) is 5.56 Å². The number of hydrogen-bond acceptors (Lipinski definition) is 3. The molecule has 0 saturated heterocycles. The van der Waals surface area contributed by atoms with Gasteiger partial charge in [0, 0.05) is 21.1 Å². The van der Waals surface area contributed by atoms with Gasteiger partial charge in [-0.05, 0) is 15.9 Å². The van der Waals surface area contributed by atoms with Gasteiger partial charge in [-0.1, -0.05) is 0 Å². The Morgan fingerprint density at radius 1 is 1.07 bits per heavy atom. The minimum absolute atomic E-state index is 0.286. The monoisotopic (exact) mass is 272 g/mol. The van der Waals surface area contributed by atoms with Gasteiger partial charge in [0.1, 0.15) is 0 Å². The van der Waals surface area contributed by atoms with Crippen molar-refractivity contribution < 1.29 is 0 Å². The highest BCUT2D eigenvalue weighted by atomic mass is 79.9. The number of aromatic nitrogens is 4. The van der Waals surface area contributed by atoms with Crippen LogP contribution >= 0.6 is 15.9 Å². The Morgan fingerprint density at radius 3 is 2.27 bits per heavy atom. The Bertz CT molecular complexity index is 664. The van der Waals surface area contributed by atoms with Crippen LogP contribution in [0.15, 0.2) is 14.3 Å². The van der Waals surface area contributed by atoms with Crippen LogP contribution in [-0.2, 0) is 21.1 Å². The number of halogens is 1. The molecule has 0 N–H and O–H groups in total. The van der Waals surface area contributed by atoms with E-state index in [2.05, 4.69) is 20.9 Å². The van der Waals surface area contributed by atoms with Gasteiger partial charge in [-0.3, -0.25) is 13.9 Å². The van der Waals surface area contributed by atoms with Crippen LogP contribution < -0.4 is 11.2 Å². The van der Waals surface area contributed by atoms with E-state index in [-0.39, 0.29) is 16.8 Å². The van der Waals surface area contributed by atoms with Crippen molar-refractivity contribution in [2.45, 2.75) is 0 Å². The molecule has 0 aliphatic rings. The molecule has 0 aromatic carbocycles. The molecule has 0 fully saturated rings.